The number of epoxide rings is 1. The zero-order valence-corrected chi connectivity index (χ0v) is 16.0. The van der Waals surface area contributed by atoms with Crippen molar-refractivity contribution in [3.05, 3.63) is 29.6 Å². The fourth-order valence-corrected chi connectivity index (χ4v) is 5.09. The van der Waals surface area contributed by atoms with Crippen LogP contribution in [0.25, 0.3) is 0 Å². The van der Waals surface area contributed by atoms with Crippen LogP contribution in [0.3, 0.4) is 0 Å². The van der Waals surface area contributed by atoms with Gasteiger partial charge in [-0.3, -0.25) is 4.79 Å². The third kappa shape index (κ3) is 4.70. The summed E-state index contributed by atoms with van der Waals surface area (Å²) < 4.78 is 50.0. The highest BCUT2D eigenvalue weighted by atomic mass is 19.2. The summed E-state index contributed by atoms with van der Waals surface area (Å²) >= 11 is 0. The number of carbonyl (C=O) groups is 1. The Morgan fingerprint density at radius 3 is 2.00 bits per heavy atom. The molecule has 1 aromatic carbocycles. The standard InChI is InChI=1S/C22H27F3O3/c23-19-10-17(11-20(24)21(19)25)28-22(26)16-7-5-15(6-8-16)14-3-1-13(2-4-14)9-18-12-27-18/h10-11,13-16,18H,1-9,12H2. The highest BCUT2D eigenvalue weighted by Gasteiger charge is 2.35. The molecular formula is C22H27F3O3. The van der Waals surface area contributed by atoms with E-state index in [1.165, 1.54) is 32.1 Å². The Balaban J connectivity index is 1.23. The predicted molar refractivity (Wildman–Crippen MR) is 97.2 cm³/mol. The zero-order chi connectivity index (χ0) is 19.7. The van der Waals surface area contributed by atoms with Gasteiger partial charge in [-0.05, 0) is 62.7 Å². The number of hydrogen-bond donors (Lipinski definition) is 0. The maximum Gasteiger partial charge on any atom is 0.314 e. The SMILES string of the molecule is O=C(Oc1cc(F)c(F)c(F)c1)C1CCC(C2CCC(CC3CO3)CC2)CC1. The van der Waals surface area contributed by atoms with Gasteiger partial charge >= 0.3 is 5.97 Å². The van der Waals surface area contributed by atoms with Crippen molar-refractivity contribution in [1.29, 1.82) is 0 Å². The Bertz CT molecular complexity index is 680. The second-order valence-corrected chi connectivity index (χ2v) is 8.71. The zero-order valence-electron chi connectivity index (χ0n) is 16.0. The van der Waals surface area contributed by atoms with E-state index in [1.807, 2.05) is 0 Å². The van der Waals surface area contributed by atoms with Gasteiger partial charge in [-0.2, -0.15) is 0 Å². The van der Waals surface area contributed by atoms with Gasteiger partial charge in [0.1, 0.15) is 5.75 Å². The average Bonchev–Trinajstić information content (AvgIpc) is 3.51. The first-order valence-corrected chi connectivity index (χ1v) is 10.5. The Hall–Kier alpha value is -1.56. The molecule has 2 aliphatic carbocycles. The van der Waals surface area contributed by atoms with Crippen LogP contribution in [0.1, 0.15) is 57.8 Å². The van der Waals surface area contributed by atoms with Crippen LogP contribution in [0.15, 0.2) is 12.1 Å². The van der Waals surface area contributed by atoms with Crippen LogP contribution in [0.4, 0.5) is 13.2 Å². The van der Waals surface area contributed by atoms with Crippen LogP contribution < -0.4 is 4.74 Å². The molecule has 6 heteroatoms. The van der Waals surface area contributed by atoms with E-state index in [4.69, 9.17) is 9.47 Å². The van der Waals surface area contributed by atoms with Gasteiger partial charge in [0, 0.05) is 12.1 Å². The molecule has 0 N–H and O–H groups in total. The third-order valence-electron chi connectivity index (χ3n) is 6.84. The van der Waals surface area contributed by atoms with E-state index in [0.29, 0.717) is 24.2 Å². The van der Waals surface area contributed by atoms with E-state index in [9.17, 15) is 18.0 Å². The van der Waals surface area contributed by atoms with Crippen molar-refractivity contribution in [1.82, 2.24) is 0 Å². The molecule has 0 bridgehead atoms. The summed E-state index contributed by atoms with van der Waals surface area (Å²) in [6.45, 7) is 0.942. The minimum absolute atomic E-state index is 0.254. The number of esters is 1. The lowest BCUT2D eigenvalue weighted by Gasteiger charge is -2.37. The number of hydrogen-bond acceptors (Lipinski definition) is 3. The lowest BCUT2D eigenvalue weighted by atomic mass is 9.68. The molecule has 2 saturated carbocycles. The monoisotopic (exact) mass is 396 g/mol. The Kier molecular flexibility index (Phi) is 5.95. The molecule has 0 aromatic heterocycles. The topological polar surface area (TPSA) is 38.8 Å². The van der Waals surface area contributed by atoms with Gasteiger partial charge in [-0.1, -0.05) is 12.8 Å². The molecule has 3 aliphatic rings. The molecule has 0 radical (unpaired) electrons. The van der Waals surface area contributed by atoms with Crippen LogP contribution in [-0.2, 0) is 9.53 Å². The highest BCUT2D eigenvalue weighted by molar-refractivity contribution is 5.75. The van der Waals surface area contributed by atoms with E-state index < -0.39 is 23.4 Å². The molecule has 3 fully saturated rings. The fourth-order valence-electron chi connectivity index (χ4n) is 5.09. The van der Waals surface area contributed by atoms with E-state index >= 15 is 0 Å². The van der Waals surface area contributed by atoms with Gasteiger partial charge in [0.25, 0.3) is 0 Å². The first-order valence-electron chi connectivity index (χ1n) is 10.5. The van der Waals surface area contributed by atoms with Crippen molar-refractivity contribution in [2.24, 2.45) is 23.7 Å². The molecule has 3 nitrogen and oxygen atoms in total. The molecule has 1 unspecified atom stereocenters. The smallest absolute Gasteiger partial charge is 0.314 e. The lowest BCUT2D eigenvalue weighted by molar-refractivity contribution is -0.140. The summed E-state index contributed by atoms with van der Waals surface area (Å²) in [6.07, 6.45) is 10.3. The molecule has 154 valence electrons. The quantitative estimate of drug-likeness (QED) is 0.289. The second kappa shape index (κ2) is 8.44. The number of carbonyl (C=O) groups excluding carboxylic acids is 1. The Morgan fingerprint density at radius 1 is 0.929 bits per heavy atom. The largest absolute Gasteiger partial charge is 0.426 e. The minimum atomic E-state index is -1.56. The fraction of sp³-hybridized carbons (Fsp3) is 0.682. The normalized spacial score (nSPS) is 32.8. The van der Waals surface area contributed by atoms with Crippen LogP contribution >= 0.6 is 0 Å². The van der Waals surface area contributed by atoms with E-state index in [1.54, 1.807) is 0 Å². The highest BCUT2D eigenvalue weighted by Crippen LogP contribution is 2.43. The molecule has 1 aromatic rings. The van der Waals surface area contributed by atoms with Crippen molar-refractivity contribution in [3.63, 3.8) is 0 Å². The number of benzene rings is 1. The van der Waals surface area contributed by atoms with Gasteiger partial charge in [0.2, 0.25) is 0 Å². The maximum atomic E-state index is 13.3. The van der Waals surface area contributed by atoms with Crippen LogP contribution in [-0.4, -0.2) is 18.7 Å². The number of halogens is 3. The van der Waals surface area contributed by atoms with Gasteiger partial charge in [-0.25, -0.2) is 13.2 Å². The van der Waals surface area contributed by atoms with Crippen LogP contribution in [0.2, 0.25) is 0 Å². The van der Waals surface area contributed by atoms with Gasteiger partial charge < -0.3 is 9.47 Å². The van der Waals surface area contributed by atoms with E-state index in [0.717, 1.165) is 44.1 Å². The van der Waals surface area contributed by atoms with Crippen molar-refractivity contribution in [2.45, 2.75) is 63.9 Å². The molecule has 1 aliphatic heterocycles. The molecule has 28 heavy (non-hydrogen) atoms. The van der Waals surface area contributed by atoms with Gasteiger partial charge in [-0.15, -0.1) is 0 Å². The summed E-state index contributed by atoms with van der Waals surface area (Å²) in [6, 6.07) is 1.43. The predicted octanol–water partition coefficient (Wildman–Crippen LogP) is 5.41. The lowest BCUT2D eigenvalue weighted by Crippen LogP contribution is -2.30. The molecule has 1 heterocycles. The Morgan fingerprint density at radius 2 is 1.46 bits per heavy atom. The second-order valence-electron chi connectivity index (χ2n) is 8.71. The van der Waals surface area contributed by atoms with E-state index in [2.05, 4.69) is 0 Å². The first-order chi connectivity index (χ1) is 13.5. The molecular weight excluding hydrogens is 369 g/mol. The summed E-state index contributed by atoms with van der Waals surface area (Å²) in [4.78, 5) is 12.3. The summed E-state index contributed by atoms with van der Waals surface area (Å²) in [5.41, 5.74) is 0. The van der Waals surface area contributed by atoms with Gasteiger partial charge in [0.05, 0.1) is 18.6 Å². The molecule has 4 rings (SSSR count). The van der Waals surface area contributed by atoms with Gasteiger partial charge in [0.15, 0.2) is 17.5 Å². The molecule has 1 atom stereocenters. The molecule has 0 spiro atoms. The Labute approximate surface area is 163 Å². The van der Waals surface area contributed by atoms with E-state index in [-0.39, 0.29) is 11.7 Å². The number of rotatable bonds is 5. The van der Waals surface area contributed by atoms with Crippen LogP contribution in [0.5, 0.6) is 5.75 Å². The van der Waals surface area contributed by atoms with Crippen molar-refractivity contribution < 1.29 is 27.4 Å². The van der Waals surface area contributed by atoms with Crippen molar-refractivity contribution in [3.8, 4) is 5.75 Å². The summed E-state index contributed by atoms with van der Waals surface area (Å²) in [5, 5.41) is 0. The van der Waals surface area contributed by atoms with Crippen molar-refractivity contribution in [2.75, 3.05) is 6.61 Å². The summed E-state index contributed by atoms with van der Waals surface area (Å²) in [5.74, 6) is -3.05. The average molecular weight is 396 g/mol. The molecule has 1 saturated heterocycles. The van der Waals surface area contributed by atoms with Crippen molar-refractivity contribution >= 4 is 5.97 Å². The van der Waals surface area contributed by atoms with Crippen LogP contribution in [0, 0.1) is 41.1 Å². The maximum absolute atomic E-state index is 13.3. The number of ether oxygens (including phenoxy) is 2. The minimum Gasteiger partial charge on any atom is -0.426 e. The third-order valence-corrected chi connectivity index (χ3v) is 6.84. The molecule has 0 amide bonds. The first kappa shape index (κ1) is 19.7. The summed E-state index contributed by atoms with van der Waals surface area (Å²) in [7, 11) is 0.